The van der Waals surface area contributed by atoms with E-state index in [1.54, 1.807) is 0 Å². The molecule has 0 bridgehead atoms. The van der Waals surface area contributed by atoms with Gasteiger partial charge in [0.2, 0.25) is 0 Å². The summed E-state index contributed by atoms with van der Waals surface area (Å²) in [6.45, 7) is -0.221. The normalized spacial score (nSPS) is 15.0. The fourth-order valence-electron chi connectivity index (χ4n) is 3.03. The molecular formula is C19H21NO3S. The highest BCUT2D eigenvalue weighted by molar-refractivity contribution is 7.12. The zero-order valence-electron chi connectivity index (χ0n) is 13.5. The maximum absolute atomic E-state index is 12.3. The Morgan fingerprint density at radius 2 is 1.83 bits per heavy atom. The molecule has 1 aliphatic carbocycles. The molecule has 0 saturated heterocycles. The zero-order chi connectivity index (χ0) is 16.8. The van der Waals surface area contributed by atoms with E-state index in [9.17, 15) is 9.59 Å². The molecule has 0 radical (unpaired) electrons. The van der Waals surface area contributed by atoms with Crippen molar-refractivity contribution in [3.63, 3.8) is 0 Å². The van der Waals surface area contributed by atoms with E-state index in [-0.39, 0.29) is 18.6 Å². The van der Waals surface area contributed by atoms with Gasteiger partial charge in [0.05, 0.1) is 0 Å². The second-order valence-corrected chi connectivity index (χ2v) is 6.92. The summed E-state index contributed by atoms with van der Waals surface area (Å²) in [4.78, 5) is 24.8. The molecule has 1 amide bonds. The first-order valence-corrected chi connectivity index (χ1v) is 9.21. The lowest BCUT2D eigenvalue weighted by atomic mass is 9.95. The first kappa shape index (κ1) is 16.7. The van der Waals surface area contributed by atoms with Gasteiger partial charge >= 0.3 is 5.97 Å². The fraction of sp³-hybridized carbons (Fsp3) is 0.368. The Hall–Kier alpha value is -2.14. The second-order valence-electron chi connectivity index (χ2n) is 6.01. The van der Waals surface area contributed by atoms with Crippen LogP contribution in [0.2, 0.25) is 0 Å². The number of carbonyl (C=O) groups is 2. The van der Waals surface area contributed by atoms with E-state index in [2.05, 4.69) is 5.32 Å². The molecule has 1 saturated carbocycles. The largest absolute Gasteiger partial charge is 0.451 e. The van der Waals surface area contributed by atoms with Crippen LogP contribution in [0.1, 0.15) is 41.8 Å². The molecule has 5 heteroatoms. The molecule has 4 nitrogen and oxygen atoms in total. The van der Waals surface area contributed by atoms with Crippen molar-refractivity contribution >= 4 is 23.2 Å². The number of ether oxygens (including phenoxy) is 1. The van der Waals surface area contributed by atoms with E-state index >= 15 is 0 Å². The van der Waals surface area contributed by atoms with Crippen LogP contribution < -0.4 is 5.32 Å². The first-order chi connectivity index (χ1) is 11.7. The van der Waals surface area contributed by atoms with Crippen LogP contribution in [0.4, 0.5) is 0 Å². The lowest BCUT2D eigenvalue weighted by molar-refractivity contribution is -0.125. The van der Waals surface area contributed by atoms with Gasteiger partial charge in [-0.3, -0.25) is 4.79 Å². The van der Waals surface area contributed by atoms with Crippen molar-refractivity contribution in [2.45, 2.75) is 38.1 Å². The standard InChI is InChI=1S/C19H21NO3S/c21-17(20-15-9-5-2-6-10-15)13-23-19(22)18-16(11-12-24-18)14-7-3-1-4-8-14/h1,3-4,7-8,11-12,15H,2,5-6,9-10,13H2,(H,20,21). The van der Waals surface area contributed by atoms with Crippen molar-refractivity contribution in [3.05, 3.63) is 46.7 Å². The van der Waals surface area contributed by atoms with Gasteiger partial charge in [0.15, 0.2) is 6.61 Å². The molecule has 0 unspecified atom stereocenters. The molecule has 0 spiro atoms. The molecule has 126 valence electrons. The molecule has 1 aromatic heterocycles. The van der Waals surface area contributed by atoms with E-state index in [1.807, 2.05) is 41.8 Å². The number of hydrogen-bond donors (Lipinski definition) is 1. The Labute approximate surface area is 145 Å². The number of amides is 1. The molecular weight excluding hydrogens is 322 g/mol. The number of benzene rings is 1. The molecule has 2 aromatic rings. The third-order valence-corrected chi connectivity index (χ3v) is 5.13. The number of rotatable bonds is 5. The molecule has 0 aliphatic heterocycles. The molecule has 0 atom stereocenters. The van der Waals surface area contributed by atoms with Gasteiger partial charge < -0.3 is 10.1 Å². The van der Waals surface area contributed by atoms with E-state index in [1.165, 1.54) is 17.8 Å². The fourth-order valence-corrected chi connectivity index (χ4v) is 3.83. The molecule has 24 heavy (non-hydrogen) atoms. The van der Waals surface area contributed by atoms with Crippen LogP contribution in [-0.4, -0.2) is 24.5 Å². The topological polar surface area (TPSA) is 55.4 Å². The predicted octanol–water partition coefficient (Wildman–Crippen LogP) is 4.02. The summed E-state index contributed by atoms with van der Waals surface area (Å²) in [5.74, 6) is -0.657. The van der Waals surface area contributed by atoms with E-state index in [4.69, 9.17) is 4.74 Å². The third kappa shape index (κ3) is 4.23. The lowest BCUT2D eigenvalue weighted by Crippen LogP contribution is -2.38. The molecule has 1 heterocycles. The Kier molecular flexibility index (Phi) is 5.64. The SMILES string of the molecule is O=C(COC(=O)c1sccc1-c1ccccc1)NC1CCCCC1. The van der Waals surface area contributed by atoms with Gasteiger partial charge in [-0.05, 0) is 29.9 Å². The Morgan fingerprint density at radius 1 is 1.08 bits per heavy atom. The van der Waals surface area contributed by atoms with Crippen molar-refractivity contribution in [1.29, 1.82) is 0 Å². The van der Waals surface area contributed by atoms with Gasteiger partial charge in [0, 0.05) is 11.6 Å². The van der Waals surface area contributed by atoms with Gasteiger partial charge in [0.25, 0.3) is 5.91 Å². The molecule has 1 aromatic carbocycles. The highest BCUT2D eigenvalue weighted by atomic mass is 32.1. The summed E-state index contributed by atoms with van der Waals surface area (Å²) in [6.07, 6.45) is 5.58. The summed E-state index contributed by atoms with van der Waals surface area (Å²) < 4.78 is 5.21. The number of nitrogens with one attached hydrogen (secondary N) is 1. The number of thiophene rings is 1. The summed E-state index contributed by atoms with van der Waals surface area (Å²) >= 11 is 1.33. The van der Waals surface area contributed by atoms with Crippen molar-refractivity contribution in [3.8, 4) is 11.1 Å². The van der Waals surface area contributed by atoms with Crippen molar-refractivity contribution in [2.75, 3.05) is 6.61 Å². The van der Waals surface area contributed by atoms with Crippen LogP contribution in [0.3, 0.4) is 0 Å². The van der Waals surface area contributed by atoms with E-state index in [0.29, 0.717) is 4.88 Å². The zero-order valence-corrected chi connectivity index (χ0v) is 14.3. The Morgan fingerprint density at radius 3 is 2.58 bits per heavy atom. The quantitative estimate of drug-likeness (QED) is 0.834. The maximum atomic E-state index is 12.3. The molecule has 1 fully saturated rings. The number of carbonyl (C=O) groups excluding carboxylic acids is 2. The third-order valence-electron chi connectivity index (χ3n) is 4.24. The summed E-state index contributed by atoms with van der Waals surface area (Å²) in [5.41, 5.74) is 1.82. The minimum absolute atomic E-state index is 0.215. The Bertz CT molecular complexity index is 690. The van der Waals surface area contributed by atoms with Crippen LogP contribution in [0.25, 0.3) is 11.1 Å². The minimum atomic E-state index is -0.442. The lowest BCUT2D eigenvalue weighted by Gasteiger charge is -2.22. The number of hydrogen-bond acceptors (Lipinski definition) is 4. The average Bonchev–Trinajstić information content (AvgIpc) is 3.11. The Balaban J connectivity index is 1.56. The van der Waals surface area contributed by atoms with Crippen LogP contribution in [-0.2, 0) is 9.53 Å². The second kappa shape index (κ2) is 8.11. The molecule has 1 aliphatic rings. The predicted molar refractivity (Wildman–Crippen MR) is 95.1 cm³/mol. The maximum Gasteiger partial charge on any atom is 0.349 e. The van der Waals surface area contributed by atoms with Gasteiger partial charge in [-0.25, -0.2) is 4.79 Å². The van der Waals surface area contributed by atoms with Gasteiger partial charge in [0.1, 0.15) is 4.88 Å². The van der Waals surface area contributed by atoms with Gasteiger partial charge in [-0.2, -0.15) is 0 Å². The first-order valence-electron chi connectivity index (χ1n) is 8.33. The van der Waals surface area contributed by atoms with Crippen LogP contribution in [0.5, 0.6) is 0 Å². The summed E-state index contributed by atoms with van der Waals surface area (Å²) in [6, 6.07) is 11.8. The van der Waals surface area contributed by atoms with E-state index in [0.717, 1.165) is 36.8 Å². The minimum Gasteiger partial charge on any atom is -0.451 e. The van der Waals surface area contributed by atoms with Crippen LogP contribution >= 0.6 is 11.3 Å². The highest BCUT2D eigenvalue weighted by Gasteiger charge is 2.19. The van der Waals surface area contributed by atoms with Crippen LogP contribution in [0.15, 0.2) is 41.8 Å². The van der Waals surface area contributed by atoms with Gasteiger partial charge in [-0.1, -0.05) is 49.6 Å². The molecule has 1 N–H and O–H groups in total. The smallest absolute Gasteiger partial charge is 0.349 e. The van der Waals surface area contributed by atoms with Crippen molar-refractivity contribution < 1.29 is 14.3 Å². The molecule has 3 rings (SSSR count). The van der Waals surface area contributed by atoms with Gasteiger partial charge in [-0.15, -0.1) is 11.3 Å². The number of esters is 1. The highest BCUT2D eigenvalue weighted by Crippen LogP contribution is 2.28. The monoisotopic (exact) mass is 343 g/mol. The van der Waals surface area contributed by atoms with E-state index < -0.39 is 5.97 Å². The summed E-state index contributed by atoms with van der Waals surface area (Å²) in [5, 5.41) is 4.82. The average molecular weight is 343 g/mol. The van der Waals surface area contributed by atoms with Crippen molar-refractivity contribution in [2.24, 2.45) is 0 Å². The van der Waals surface area contributed by atoms with Crippen molar-refractivity contribution in [1.82, 2.24) is 5.32 Å². The van der Waals surface area contributed by atoms with Crippen LogP contribution in [0, 0.1) is 0 Å². The summed E-state index contributed by atoms with van der Waals surface area (Å²) in [7, 11) is 0.